The van der Waals surface area contributed by atoms with Gasteiger partial charge in [-0.25, -0.2) is 9.29 Å². The molecule has 1 atom stereocenters. The monoisotopic (exact) mass is 423 g/mol. The molecule has 0 bridgehead atoms. The van der Waals surface area contributed by atoms with E-state index in [1.54, 1.807) is 20.8 Å². The van der Waals surface area contributed by atoms with Crippen molar-refractivity contribution in [1.29, 1.82) is 0 Å². The molecule has 6 nitrogen and oxygen atoms in total. The number of hydrogen-bond donors (Lipinski definition) is 2. The number of halogens is 2. The van der Waals surface area contributed by atoms with Gasteiger partial charge in [0.1, 0.15) is 11.9 Å². The molecule has 158 valence electrons. The molecule has 1 fully saturated rings. The Balaban J connectivity index is 2.22. The third-order valence-electron chi connectivity index (χ3n) is 4.76. The van der Waals surface area contributed by atoms with Crippen molar-refractivity contribution in [3.63, 3.8) is 0 Å². The van der Waals surface area contributed by atoms with Crippen LogP contribution in [0.3, 0.4) is 0 Å². The van der Waals surface area contributed by atoms with Crippen LogP contribution >= 0.6 is 11.6 Å². The maximum Gasteiger partial charge on any atom is 0.261 e. The summed E-state index contributed by atoms with van der Waals surface area (Å²) in [6.07, 6.45) is 2.91. The number of rotatable bonds is 8. The molecule has 1 saturated heterocycles. The Bertz CT molecular complexity index is 850. The second-order valence-corrected chi connectivity index (χ2v) is 7.74. The first-order chi connectivity index (χ1) is 13.7. The molecule has 29 heavy (non-hydrogen) atoms. The molecule has 1 unspecified atom stereocenters. The van der Waals surface area contributed by atoms with Gasteiger partial charge in [-0.3, -0.25) is 14.4 Å². The normalized spacial score (nSPS) is 15.0. The van der Waals surface area contributed by atoms with Crippen LogP contribution in [0.5, 0.6) is 0 Å². The average Bonchev–Trinajstić information content (AvgIpc) is 2.95. The Kier molecular flexibility index (Phi) is 7.79. The number of allylic oxidation sites excluding steroid dienone is 1. The average molecular weight is 424 g/mol. The predicted molar refractivity (Wildman–Crippen MR) is 113 cm³/mol. The maximum atomic E-state index is 14.5. The fourth-order valence-electron chi connectivity index (χ4n) is 3.05. The van der Waals surface area contributed by atoms with Crippen LogP contribution in [-0.2, 0) is 14.4 Å². The van der Waals surface area contributed by atoms with Gasteiger partial charge < -0.3 is 10.6 Å². The van der Waals surface area contributed by atoms with Gasteiger partial charge in [0.2, 0.25) is 11.8 Å². The number of nitrogens with zero attached hydrogens (tertiary/aromatic N) is 1. The summed E-state index contributed by atoms with van der Waals surface area (Å²) in [5.74, 6) is -2.04. The Morgan fingerprint density at radius 1 is 1.28 bits per heavy atom. The Hall–Kier alpha value is -2.41. The number of carbonyl (C=O) groups is 3. The number of amides is 3. The molecule has 1 aromatic carbocycles. The first-order valence-electron chi connectivity index (χ1n) is 9.74. The van der Waals surface area contributed by atoms with E-state index >= 15 is 0 Å². The van der Waals surface area contributed by atoms with Crippen molar-refractivity contribution >= 4 is 40.7 Å². The van der Waals surface area contributed by atoms with E-state index in [-0.39, 0.29) is 28.7 Å². The molecule has 3 amide bonds. The predicted octanol–water partition coefficient (Wildman–Crippen LogP) is 4.19. The lowest BCUT2D eigenvalue weighted by Gasteiger charge is -2.20. The van der Waals surface area contributed by atoms with Crippen molar-refractivity contribution in [2.45, 2.75) is 59.4 Å². The lowest BCUT2D eigenvalue weighted by Crippen LogP contribution is -2.38. The number of hydrogen-bond acceptors (Lipinski definition) is 4. The van der Waals surface area contributed by atoms with Crippen molar-refractivity contribution in [3.05, 3.63) is 34.1 Å². The minimum atomic E-state index is -0.783. The smallest absolute Gasteiger partial charge is 0.261 e. The highest BCUT2D eigenvalue weighted by atomic mass is 35.5. The van der Waals surface area contributed by atoms with Crippen LogP contribution in [0.25, 0.3) is 0 Å². The molecule has 1 aliphatic rings. The molecule has 0 radical (unpaired) electrons. The second kappa shape index (κ2) is 9.87. The van der Waals surface area contributed by atoms with Gasteiger partial charge in [-0.15, -0.1) is 0 Å². The van der Waals surface area contributed by atoms with E-state index in [1.807, 2.05) is 0 Å². The topological polar surface area (TPSA) is 78.5 Å². The van der Waals surface area contributed by atoms with E-state index in [1.165, 1.54) is 6.07 Å². The van der Waals surface area contributed by atoms with Gasteiger partial charge in [0, 0.05) is 12.1 Å². The summed E-state index contributed by atoms with van der Waals surface area (Å²) in [7, 11) is 0. The number of unbranched alkanes of at least 4 members (excludes halogenated alkanes) is 2. The van der Waals surface area contributed by atoms with Crippen LogP contribution in [-0.4, -0.2) is 30.3 Å². The third-order valence-corrected chi connectivity index (χ3v) is 5.08. The van der Waals surface area contributed by atoms with E-state index in [0.29, 0.717) is 17.7 Å². The molecule has 2 N–H and O–H groups in total. The molecule has 0 spiro atoms. The van der Waals surface area contributed by atoms with E-state index in [4.69, 9.17) is 11.6 Å². The van der Waals surface area contributed by atoms with Gasteiger partial charge in [0.05, 0.1) is 22.8 Å². The lowest BCUT2D eigenvalue weighted by atomic mass is 10.1. The molecule has 0 aliphatic carbocycles. The minimum Gasteiger partial charge on any atom is -0.373 e. The highest BCUT2D eigenvalue weighted by Crippen LogP contribution is 2.35. The quantitative estimate of drug-likeness (QED) is 0.373. The highest BCUT2D eigenvalue weighted by Gasteiger charge is 2.37. The Labute approximate surface area is 175 Å². The first-order valence-corrected chi connectivity index (χ1v) is 10.1. The molecular weight excluding hydrogens is 397 g/mol. The summed E-state index contributed by atoms with van der Waals surface area (Å²) in [5, 5.41) is 5.81. The second-order valence-electron chi connectivity index (χ2n) is 7.34. The number of anilines is 2. The van der Waals surface area contributed by atoms with E-state index < -0.39 is 23.7 Å². The SMILES string of the molecule is CCCCCNC(=O)C(C)Nc1cc(N2C(=O)CC(=C(C)C)C2=O)c(F)cc1Cl. The third kappa shape index (κ3) is 5.35. The summed E-state index contributed by atoms with van der Waals surface area (Å²) < 4.78 is 14.5. The van der Waals surface area contributed by atoms with Gasteiger partial charge in [0.25, 0.3) is 5.91 Å². The van der Waals surface area contributed by atoms with Crippen molar-refractivity contribution in [2.24, 2.45) is 0 Å². The maximum absolute atomic E-state index is 14.5. The van der Waals surface area contributed by atoms with Crippen molar-refractivity contribution in [3.8, 4) is 0 Å². The van der Waals surface area contributed by atoms with E-state index in [2.05, 4.69) is 17.6 Å². The van der Waals surface area contributed by atoms with Gasteiger partial charge in [0.15, 0.2) is 0 Å². The summed E-state index contributed by atoms with van der Waals surface area (Å²) in [6.45, 7) is 7.77. The highest BCUT2D eigenvalue weighted by molar-refractivity contribution is 6.34. The van der Waals surface area contributed by atoms with Gasteiger partial charge >= 0.3 is 0 Å². The van der Waals surface area contributed by atoms with Gasteiger partial charge in [-0.1, -0.05) is 36.9 Å². The molecular formula is C21H27ClFN3O3. The summed E-state index contributed by atoms with van der Waals surface area (Å²) in [4.78, 5) is 38.0. The molecule has 1 aromatic rings. The zero-order valence-corrected chi connectivity index (χ0v) is 18.0. The van der Waals surface area contributed by atoms with Crippen LogP contribution in [0.1, 0.15) is 53.4 Å². The summed E-state index contributed by atoms with van der Waals surface area (Å²) in [5.41, 5.74) is 1.16. The number of carbonyl (C=O) groups excluding carboxylic acids is 3. The largest absolute Gasteiger partial charge is 0.373 e. The van der Waals surface area contributed by atoms with Crippen molar-refractivity contribution in [1.82, 2.24) is 5.32 Å². The molecule has 0 saturated carbocycles. The Morgan fingerprint density at radius 3 is 2.55 bits per heavy atom. The fraction of sp³-hybridized carbons (Fsp3) is 0.476. The van der Waals surface area contributed by atoms with Crippen molar-refractivity contribution in [2.75, 3.05) is 16.8 Å². The van der Waals surface area contributed by atoms with Crippen LogP contribution in [0.2, 0.25) is 5.02 Å². The molecule has 8 heteroatoms. The standard InChI is InChI=1S/C21H27ClFN3O3/c1-5-6-7-8-24-20(28)13(4)25-17-11-18(16(23)10-15(17)22)26-19(27)9-14(12(2)3)21(26)29/h10-11,13,25H,5-9H2,1-4H3,(H,24,28). The van der Waals surface area contributed by atoms with Crippen LogP contribution < -0.4 is 15.5 Å². The summed E-state index contributed by atoms with van der Waals surface area (Å²) in [6, 6.07) is 1.69. The first kappa shape index (κ1) is 22.9. The van der Waals surface area contributed by atoms with E-state index in [0.717, 1.165) is 30.2 Å². The molecule has 1 aliphatic heterocycles. The van der Waals surface area contributed by atoms with Gasteiger partial charge in [-0.2, -0.15) is 0 Å². The van der Waals surface area contributed by atoms with Crippen LogP contribution in [0, 0.1) is 5.82 Å². The zero-order valence-electron chi connectivity index (χ0n) is 17.2. The van der Waals surface area contributed by atoms with Crippen LogP contribution in [0.15, 0.2) is 23.3 Å². The number of benzene rings is 1. The number of nitrogens with one attached hydrogen (secondary N) is 2. The van der Waals surface area contributed by atoms with Crippen LogP contribution in [0.4, 0.5) is 15.8 Å². The van der Waals surface area contributed by atoms with Gasteiger partial charge in [-0.05, 0) is 39.3 Å². The lowest BCUT2D eigenvalue weighted by molar-refractivity contribution is -0.122. The summed E-state index contributed by atoms with van der Waals surface area (Å²) >= 11 is 6.12. The Morgan fingerprint density at radius 2 is 1.97 bits per heavy atom. The molecule has 1 heterocycles. The minimum absolute atomic E-state index is 0.0541. The molecule has 0 aromatic heterocycles. The zero-order chi connectivity index (χ0) is 21.7. The van der Waals surface area contributed by atoms with Crippen molar-refractivity contribution < 1.29 is 18.8 Å². The molecule has 2 rings (SSSR count). The number of imide groups is 1. The fourth-order valence-corrected chi connectivity index (χ4v) is 3.25. The van der Waals surface area contributed by atoms with E-state index in [9.17, 15) is 18.8 Å².